The summed E-state index contributed by atoms with van der Waals surface area (Å²) in [6.07, 6.45) is 3.45. The van der Waals surface area contributed by atoms with Gasteiger partial charge < -0.3 is 10.2 Å². The maximum atomic E-state index is 12.9. The first-order chi connectivity index (χ1) is 13.5. The molecule has 0 fully saturated rings. The van der Waals surface area contributed by atoms with Crippen molar-refractivity contribution in [2.24, 2.45) is 0 Å². The van der Waals surface area contributed by atoms with Gasteiger partial charge in [-0.3, -0.25) is 9.59 Å². The highest BCUT2D eigenvalue weighted by molar-refractivity contribution is 5.88. The van der Waals surface area contributed by atoms with Gasteiger partial charge in [0.05, 0.1) is 6.54 Å². The Morgan fingerprint density at radius 2 is 1.75 bits per heavy atom. The van der Waals surface area contributed by atoms with Crippen molar-refractivity contribution >= 4 is 17.4 Å². The molecule has 0 aromatic heterocycles. The van der Waals surface area contributed by atoms with E-state index in [4.69, 9.17) is 0 Å². The van der Waals surface area contributed by atoms with Gasteiger partial charge in [0.2, 0.25) is 5.91 Å². The van der Waals surface area contributed by atoms with E-state index in [2.05, 4.69) is 47.5 Å². The zero-order valence-corrected chi connectivity index (χ0v) is 16.1. The number of nitrogens with one attached hydrogen (secondary N) is 1. The molecule has 0 atom stereocenters. The highest BCUT2D eigenvalue weighted by atomic mass is 19.1. The summed E-state index contributed by atoms with van der Waals surface area (Å²) in [5.41, 5.74) is 4.28. The van der Waals surface area contributed by atoms with Crippen LogP contribution in [0, 0.1) is 12.7 Å². The quantitative estimate of drug-likeness (QED) is 0.747. The fourth-order valence-corrected chi connectivity index (χ4v) is 3.22. The van der Waals surface area contributed by atoms with Gasteiger partial charge >= 0.3 is 0 Å². The molecule has 1 aliphatic heterocycles. The number of benzene rings is 2. The van der Waals surface area contributed by atoms with Gasteiger partial charge in [-0.05, 0) is 43.2 Å². The first kappa shape index (κ1) is 19.8. The number of anilines is 1. The van der Waals surface area contributed by atoms with Crippen molar-refractivity contribution in [2.45, 2.75) is 26.2 Å². The lowest BCUT2D eigenvalue weighted by Gasteiger charge is -2.28. The van der Waals surface area contributed by atoms with Gasteiger partial charge in [0.1, 0.15) is 5.82 Å². The third kappa shape index (κ3) is 5.78. The summed E-state index contributed by atoms with van der Waals surface area (Å²) in [6.45, 7) is 3.74. The second-order valence-electron chi connectivity index (χ2n) is 7.19. The Kier molecular flexibility index (Phi) is 6.58. The number of hydrogen-bond acceptors (Lipinski definition) is 3. The molecule has 0 radical (unpaired) electrons. The van der Waals surface area contributed by atoms with Crippen molar-refractivity contribution in [3.63, 3.8) is 0 Å². The molecule has 0 saturated heterocycles. The molecular formula is C23H25FN2O2. The van der Waals surface area contributed by atoms with Crippen LogP contribution in [-0.2, 0) is 16.0 Å². The fourth-order valence-electron chi connectivity index (χ4n) is 3.22. The topological polar surface area (TPSA) is 49.4 Å². The smallest absolute Gasteiger partial charge is 0.224 e. The average Bonchev–Trinajstić information content (AvgIpc) is 2.69. The predicted octanol–water partition coefficient (Wildman–Crippen LogP) is 3.59. The van der Waals surface area contributed by atoms with E-state index in [0.717, 1.165) is 30.6 Å². The minimum Gasteiger partial charge on any atom is -0.367 e. The minimum atomic E-state index is -0.328. The van der Waals surface area contributed by atoms with Crippen LogP contribution < -0.4 is 10.2 Å². The molecule has 1 heterocycles. The van der Waals surface area contributed by atoms with Gasteiger partial charge in [0, 0.05) is 31.6 Å². The number of rotatable bonds is 7. The van der Waals surface area contributed by atoms with Crippen molar-refractivity contribution < 1.29 is 14.0 Å². The number of ketones is 1. The van der Waals surface area contributed by atoms with Crippen LogP contribution >= 0.6 is 0 Å². The maximum absolute atomic E-state index is 12.9. The van der Waals surface area contributed by atoms with Crippen LogP contribution in [0.2, 0.25) is 0 Å². The largest absolute Gasteiger partial charge is 0.367 e. The fraction of sp³-hybridized carbons (Fsp3) is 0.304. The molecule has 0 bridgehead atoms. The van der Waals surface area contributed by atoms with Crippen molar-refractivity contribution in [3.8, 4) is 0 Å². The first-order valence-corrected chi connectivity index (χ1v) is 9.52. The molecule has 5 heteroatoms. The van der Waals surface area contributed by atoms with Crippen LogP contribution in [-0.4, -0.2) is 31.3 Å². The average molecular weight is 380 g/mol. The first-order valence-electron chi connectivity index (χ1n) is 9.52. The third-order valence-electron chi connectivity index (χ3n) is 4.89. The number of aryl methyl sites for hydroxylation is 1. The van der Waals surface area contributed by atoms with Crippen LogP contribution in [0.3, 0.4) is 0 Å². The van der Waals surface area contributed by atoms with E-state index >= 15 is 0 Å². The van der Waals surface area contributed by atoms with Crippen LogP contribution in [0.5, 0.6) is 0 Å². The number of amides is 1. The molecule has 0 unspecified atom stereocenters. The second-order valence-corrected chi connectivity index (χ2v) is 7.19. The zero-order chi connectivity index (χ0) is 19.9. The lowest BCUT2D eigenvalue weighted by Crippen LogP contribution is -2.32. The Labute approximate surface area is 165 Å². The van der Waals surface area contributed by atoms with Crippen molar-refractivity contribution in [1.82, 2.24) is 5.32 Å². The molecule has 1 aliphatic rings. The van der Waals surface area contributed by atoms with Gasteiger partial charge in [0.15, 0.2) is 5.78 Å². The highest BCUT2D eigenvalue weighted by Crippen LogP contribution is 2.21. The molecule has 0 aliphatic carbocycles. The molecule has 1 N–H and O–H groups in total. The predicted molar refractivity (Wildman–Crippen MR) is 109 cm³/mol. The summed E-state index contributed by atoms with van der Waals surface area (Å²) in [4.78, 5) is 26.4. The molecule has 4 nitrogen and oxygen atoms in total. The Morgan fingerprint density at radius 1 is 1.04 bits per heavy atom. The van der Waals surface area contributed by atoms with Crippen molar-refractivity contribution in [2.75, 3.05) is 24.5 Å². The Morgan fingerprint density at radius 3 is 2.39 bits per heavy atom. The summed E-state index contributed by atoms with van der Waals surface area (Å²) in [6, 6.07) is 14.3. The Hall–Kier alpha value is -2.95. The number of halogens is 1. The van der Waals surface area contributed by atoms with E-state index in [1.54, 1.807) is 12.1 Å². The summed E-state index contributed by atoms with van der Waals surface area (Å²) < 4.78 is 12.9. The van der Waals surface area contributed by atoms with Crippen molar-refractivity contribution in [1.29, 1.82) is 0 Å². The molecule has 3 rings (SSSR count). The summed E-state index contributed by atoms with van der Waals surface area (Å²) in [7, 11) is 0. The van der Waals surface area contributed by atoms with Crippen molar-refractivity contribution in [3.05, 3.63) is 77.1 Å². The monoisotopic (exact) mass is 380 g/mol. The Balaban J connectivity index is 1.41. The standard InChI is InChI=1S/C23H25FN2O2/c1-17-2-8-21(9-3-17)26-12-10-19(11-13-26)15-23(28)25-16-22(27)14-18-4-6-20(24)7-5-18/h2-10H,11-16H2,1H3,(H,25,28). The molecule has 0 spiro atoms. The Bertz CT molecular complexity index is 857. The van der Waals surface area contributed by atoms with E-state index in [1.165, 1.54) is 23.4 Å². The van der Waals surface area contributed by atoms with E-state index in [1.807, 2.05) is 0 Å². The highest BCUT2D eigenvalue weighted by Gasteiger charge is 2.15. The summed E-state index contributed by atoms with van der Waals surface area (Å²) in [5.74, 6) is -0.558. The van der Waals surface area contributed by atoms with Gasteiger partial charge in [-0.1, -0.05) is 41.5 Å². The molecule has 146 valence electrons. The van der Waals surface area contributed by atoms with E-state index < -0.39 is 0 Å². The molecule has 1 amide bonds. The zero-order valence-electron chi connectivity index (χ0n) is 16.1. The number of carbonyl (C=O) groups is 2. The normalized spacial score (nSPS) is 13.8. The van der Waals surface area contributed by atoms with E-state index in [-0.39, 0.29) is 30.5 Å². The molecule has 2 aromatic carbocycles. The molecule has 0 saturated carbocycles. The lowest BCUT2D eigenvalue weighted by atomic mass is 10.0. The van der Waals surface area contributed by atoms with Crippen LogP contribution in [0.1, 0.15) is 24.0 Å². The summed E-state index contributed by atoms with van der Waals surface area (Å²) >= 11 is 0. The van der Waals surface area contributed by atoms with Crippen LogP contribution in [0.4, 0.5) is 10.1 Å². The van der Waals surface area contributed by atoms with Gasteiger partial charge in [-0.2, -0.15) is 0 Å². The number of hydrogen-bond donors (Lipinski definition) is 1. The summed E-state index contributed by atoms with van der Waals surface area (Å²) in [5, 5.41) is 2.69. The van der Waals surface area contributed by atoms with Crippen LogP contribution in [0.15, 0.2) is 60.2 Å². The maximum Gasteiger partial charge on any atom is 0.224 e. The molecule has 28 heavy (non-hydrogen) atoms. The van der Waals surface area contributed by atoms with Gasteiger partial charge in [-0.25, -0.2) is 4.39 Å². The van der Waals surface area contributed by atoms with Crippen LogP contribution in [0.25, 0.3) is 0 Å². The van der Waals surface area contributed by atoms with Gasteiger partial charge in [0.25, 0.3) is 0 Å². The second kappa shape index (κ2) is 9.31. The number of carbonyl (C=O) groups excluding carboxylic acids is 2. The molecular weight excluding hydrogens is 355 g/mol. The minimum absolute atomic E-state index is 0.00101. The SMILES string of the molecule is Cc1ccc(N2CC=C(CC(=O)NCC(=O)Cc3ccc(F)cc3)CC2)cc1. The third-order valence-corrected chi connectivity index (χ3v) is 4.89. The van der Waals surface area contributed by atoms with E-state index in [0.29, 0.717) is 6.42 Å². The van der Waals surface area contributed by atoms with Gasteiger partial charge in [-0.15, -0.1) is 0 Å². The molecule has 2 aromatic rings. The lowest BCUT2D eigenvalue weighted by molar-refractivity contribution is -0.124. The number of nitrogens with zero attached hydrogens (tertiary/aromatic N) is 1. The number of Topliss-reactive ketones (excluding diaryl/α,β-unsaturated/α-hetero) is 1. The van der Waals surface area contributed by atoms with E-state index in [9.17, 15) is 14.0 Å².